The zero-order chi connectivity index (χ0) is 13.4. The third kappa shape index (κ3) is 2.87. The average molecular weight is 268 g/mol. The van der Waals surface area contributed by atoms with Crippen LogP contribution in [0.25, 0.3) is 0 Å². The second kappa shape index (κ2) is 5.06. The maximum atomic E-state index is 13.2. The van der Waals surface area contributed by atoms with Crippen molar-refractivity contribution in [3.63, 3.8) is 0 Å². The highest BCUT2D eigenvalue weighted by atomic mass is 19.1. The van der Waals surface area contributed by atoms with Crippen LogP contribution in [0, 0.1) is 11.6 Å². The Morgan fingerprint density at radius 3 is 2.53 bits per heavy atom. The summed E-state index contributed by atoms with van der Waals surface area (Å²) in [6.07, 6.45) is 3.70. The largest absolute Gasteiger partial charge is 0.503 e. The minimum absolute atomic E-state index is 0.389. The third-order valence-corrected chi connectivity index (χ3v) is 3.95. The van der Waals surface area contributed by atoms with Crippen molar-refractivity contribution in [2.75, 3.05) is 13.1 Å². The molecule has 1 heterocycles. The molecular formula is C14H18F2N2O. The van der Waals surface area contributed by atoms with Crippen LogP contribution < -0.4 is 5.32 Å². The average Bonchev–Trinajstić information content (AvgIpc) is 3.13. The van der Waals surface area contributed by atoms with Gasteiger partial charge >= 0.3 is 0 Å². The third-order valence-electron chi connectivity index (χ3n) is 3.95. The van der Waals surface area contributed by atoms with Gasteiger partial charge < -0.3 is 10.4 Å². The molecule has 1 unspecified atom stereocenters. The zero-order valence-electron chi connectivity index (χ0n) is 10.7. The molecule has 0 aromatic heterocycles. The van der Waals surface area contributed by atoms with Crippen LogP contribution in [-0.2, 0) is 6.54 Å². The molecule has 3 rings (SSSR count). The molecule has 19 heavy (non-hydrogen) atoms. The van der Waals surface area contributed by atoms with Crippen LogP contribution in [0.15, 0.2) is 12.1 Å². The van der Waals surface area contributed by atoms with Crippen molar-refractivity contribution in [3.8, 4) is 5.75 Å². The van der Waals surface area contributed by atoms with Gasteiger partial charge in [-0.2, -0.15) is 0 Å². The lowest BCUT2D eigenvalue weighted by Gasteiger charge is -2.16. The van der Waals surface area contributed by atoms with Crippen LogP contribution in [0.1, 0.15) is 24.8 Å². The summed E-state index contributed by atoms with van der Waals surface area (Å²) in [6, 6.07) is 3.52. The fourth-order valence-electron chi connectivity index (χ4n) is 2.71. The van der Waals surface area contributed by atoms with E-state index in [4.69, 9.17) is 5.11 Å². The molecule has 2 fully saturated rings. The Kier molecular flexibility index (Phi) is 3.41. The van der Waals surface area contributed by atoms with Crippen LogP contribution in [0.3, 0.4) is 0 Å². The number of hydrogen-bond acceptors (Lipinski definition) is 3. The molecule has 0 bridgehead atoms. The second-order valence-electron chi connectivity index (χ2n) is 5.50. The SMILES string of the molecule is Oc1c(F)cc(CNC2CCN(C3CC3)C2)cc1F. The van der Waals surface area contributed by atoms with Crippen molar-refractivity contribution in [2.45, 2.75) is 37.9 Å². The van der Waals surface area contributed by atoms with E-state index in [1.54, 1.807) is 0 Å². The molecule has 1 aromatic rings. The lowest BCUT2D eigenvalue weighted by molar-refractivity contribution is 0.317. The van der Waals surface area contributed by atoms with E-state index in [2.05, 4.69) is 10.2 Å². The summed E-state index contributed by atoms with van der Waals surface area (Å²) >= 11 is 0. The van der Waals surface area contributed by atoms with E-state index in [1.165, 1.54) is 25.0 Å². The smallest absolute Gasteiger partial charge is 0.187 e. The predicted molar refractivity (Wildman–Crippen MR) is 67.9 cm³/mol. The Balaban J connectivity index is 1.54. The van der Waals surface area contributed by atoms with Crippen LogP contribution >= 0.6 is 0 Å². The molecule has 1 aliphatic heterocycles. The van der Waals surface area contributed by atoms with Gasteiger partial charge in [-0.05, 0) is 37.0 Å². The van der Waals surface area contributed by atoms with E-state index in [1.807, 2.05) is 0 Å². The van der Waals surface area contributed by atoms with Crippen molar-refractivity contribution < 1.29 is 13.9 Å². The topological polar surface area (TPSA) is 35.5 Å². The van der Waals surface area contributed by atoms with Crippen LogP contribution in [0.4, 0.5) is 8.78 Å². The maximum Gasteiger partial charge on any atom is 0.187 e. The van der Waals surface area contributed by atoms with E-state index in [9.17, 15) is 8.78 Å². The fourth-order valence-corrected chi connectivity index (χ4v) is 2.71. The molecular weight excluding hydrogens is 250 g/mol. The molecule has 0 radical (unpaired) electrons. The molecule has 2 aliphatic rings. The van der Waals surface area contributed by atoms with Gasteiger partial charge in [-0.15, -0.1) is 0 Å². The summed E-state index contributed by atoms with van der Waals surface area (Å²) in [5, 5.41) is 12.4. The first kappa shape index (κ1) is 12.8. The summed E-state index contributed by atoms with van der Waals surface area (Å²) in [5.41, 5.74) is 0.526. The van der Waals surface area contributed by atoms with E-state index in [0.717, 1.165) is 25.6 Å². The number of benzene rings is 1. The van der Waals surface area contributed by atoms with E-state index < -0.39 is 17.4 Å². The van der Waals surface area contributed by atoms with Gasteiger partial charge in [0.25, 0.3) is 0 Å². The first-order valence-electron chi connectivity index (χ1n) is 6.78. The van der Waals surface area contributed by atoms with Gasteiger partial charge in [0.1, 0.15) is 0 Å². The highest BCUT2D eigenvalue weighted by Gasteiger charge is 2.34. The number of aromatic hydroxyl groups is 1. The predicted octanol–water partition coefficient (Wildman–Crippen LogP) is 2.00. The van der Waals surface area contributed by atoms with Crippen molar-refractivity contribution in [1.29, 1.82) is 0 Å². The Morgan fingerprint density at radius 2 is 1.89 bits per heavy atom. The van der Waals surface area contributed by atoms with E-state index in [-0.39, 0.29) is 0 Å². The van der Waals surface area contributed by atoms with Gasteiger partial charge in [0.2, 0.25) is 0 Å². The summed E-state index contributed by atoms with van der Waals surface area (Å²) in [5.74, 6) is -2.70. The first-order valence-corrected chi connectivity index (χ1v) is 6.78. The molecule has 1 aliphatic carbocycles. The summed E-state index contributed by atoms with van der Waals surface area (Å²) in [7, 11) is 0. The lowest BCUT2D eigenvalue weighted by atomic mass is 10.1. The highest BCUT2D eigenvalue weighted by molar-refractivity contribution is 5.30. The molecule has 3 nitrogen and oxygen atoms in total. The Bertz CT molecular complexity index is 454. The molecule has 1 saturated carbocycles. The molecule has 2 N–H and O–H groups in total. The van der Waals surface area contributed by atoms with Crippen LogP contribution in [-0.4, -0.2) is 35.2 Å². The molecule has 104 valence electrons. The number of likely N-dealkylation sites (tertiary alicyclic amines) is 1. The van der Waals surface area contributed by atoms with Crippen LogP contribution in [0.2, 0.25) is 0 Å². The molecule has 5 heteroatoms. The number of rotatable bonds is 4. The van der Waals surface area contributed by atoms with Crippen molar-refractivity contribution in [2.24, 2.45) is 0 Å². The van der Waals surface area contributed by atoms with E-state index in [0.29, 0.717) is 18.2 Å². The molecule has 1 aromatic carbocycles. The highest BCUT2D eigenvalue weighted by Crippen LogP contribution is 2.30. The number of phenols is 1. The molecule has 0 spiro atoms. The Hall–Kier alpha value is -1.20. The number of phenolic OH excluding ortho intramolecular Hbond substituents is 1. The van der Waals surface area contributed by atoms with Crippen molar-refractivity contribution in [3.05, 3.63) is 29.3 Å². The first-order chi connectivity index (χ1) is 9.13. The number of nitrogens with one attached hydrogen (secondary N) is 1. The standard InChI is InChI=1S/C14H18F2N2O/c15-12-5-9(6-13(16)14(12)19)7-17-10-3-4-18(8-10)11-1-2-11/h5-6,10-11,17,19H,1-4,7-8H2. The van der Waals surface area contributed by atoms with Gasteiger partial charge in [-0.3, -0.25) is 4.90 Å². The number of halogens is 2. The molecule has 0 amide bonds. The van der Waals surface area contributed by atoms with E-state index >= 15 is 0 Å². The lowest BCUT2D eigenvalue weighted by Crippen LogP contribution is -2.32. The second-order valence-corrected chi connectivity index (χ2v) is 5.50. The monoisotopic (exact) mass is 268 g/mol. The summed E-state index contributed by atoms with van der Waals surface area (Å²) in [6.45, 7) is 2.56. The Morgan fingerprint density at radius 1 is 1.21 bits per heavy atom. The number of nitrogens with zero attached hydrogens (tertiary/aromatic N) is 1. The normalized spacial score (nSPS) is 24.0. The van der Waals surface area contributed by atoms with Crippen molar-refractivity contribution in [1.82, 2.24) is 10.2 Å². The fraction of sp³-hybridized carbons (Fsp3) is 0.571. The summed E-state index contributed by atoms with van der Waals surface area (Å²) < 4.78 is 26.4. The Labute approximate surface area is 111 Å². The maximum absolute atomic E-state index is 13.2. The quantitative estimate of drug-likeness (QED) is 0.876. The van der Waals surface area contributed by atoms with Crippen LogP contribution in [0.5, 0.6) is 5.75 Å². The minimum Gasteiger partial charge on any atom is -0.503 e. The number of hydrogen-bond donors (Lipinski definition) is 2. The van der Waals surface area contributed by atoms with Gasteiger partial charge in [0, 0.05) is 31.7 Å². The van der Waals surface area contributed by atoms with Gasteiger partial charge in [-0.1, -0.05) is 0 Å². The minimum atomic E-state index is -0.900. The van der Waals surface area contributed by atoms with Gasteiger partial charge in [0.15, 0.2) is 17.4 Å². The zero-order valence-corrected chi connectivity index (χ0v) is 10.7. The molecule has 1 saturated heterocycles. The molecule has 1 atom stereocenters. The van der Waals surface area contributed by atoms with Gasteiger partial charge in [-0.25, -0.2) is 8.78 Å². The summed E-state index contributed by atoms with van der Waals surface area (Å²) in [4.78, 5) is 2.48. The van der Waals surface area contributed by atoms with Gasteiger partial charge in [0.05, 0.1) is 0 Å². The van der Waals surface area contributed by atoms with Crippen molar-refractivity contribution >= 4 is 0 Å².